The van der Waals surface area contributed by atoms with Crippen molar-refractivity contribution in [3.63, 3.8) is 0 Å². The number of nitrogens with one attached hydrogen (secondary N) is 2. The second-order valence-corrected chi connectivity index (χ2v) is 4.10. The number of benzene rings is 1. The average molecular weight is 269 g/mol. The molecule has 0 fully saturated rings. The van der Waals surface area contributed by atoms with Crippen molar-refractivity contribution >= 4 is 29.0 Å². The van der Waals surface area contributed by atoms with E-state index in [-0.39, 0.29) is 16.4 Å². The largest absolute Gasteiger partial charge is 0.394 e. The van der Waals surface area contributed by atoms with E-state index in [4.69, 9.17) is 17.3 Å². The Labute approximate surface area is 107 Å². The van der Waals surface area contributed by atoms with Gasteiger partial charge in [0.2, 0.25) is 0 Å². The first-order chi connectivity index (χ1) is 8.49. The number of nitrogens with zero attached hydrogens (tertiary/aromatic N) is 1. The summed E-state index contributed by atoms with van der Waals surface area (Å²) in [6, 6.07) is 3.51. The number of aromatic amines is 1. The maximum absolute atomic E-state index is 12.9. The number of H-pyrrole nitrogens is 1. The summed E-state index contributed by atoms with van der Waals surface area (Å²) in [5.41, 5.74) is 6.84. The molecule has 0 aliphatic heterocycles. The molecule has 0 spiro atoms. The monoisotopic (exact) mass is 268 g/mol. The summed E-state index contributed by atoms with van der Waals surface area (Å²) >= 11 is 5.78. The molecule has 1 aromatic carbocycles. The van der Waals surface area contributed by atoms with Crippen LogP contribution in [-0.2, 0) is 0 Å². The van der Waals surface area contributed by atoms with Crippen molar-refractivity contribution in [1.29, 1.82) is 0 Å². The van der Waals surface area contributed by atoms with Crippen LogP contribution in [0.5, 0.6) is 0 Å². The Bertz CT molecular complexity index is 611. The number of halogens is 2. The molecule has 2 rings (SSSR count). The molecule has 1 heterocycles. The maximum atomic E-state index is 12.9. The molecule has 0 aliphatic carbocycles. The Morgan fingerprint density at radius 1 is 1.56 bits per heavy atom. The number of aryl methyl sites for hydroxylation is 1. The molecular formula is C11H10ClFN4O. The number of carbonyl (C=O) groups is 1. The van der Waals surface area contributed by atoms with Crippen LogP contribution in [0.4, 0.5) is 15.9 Å². The highest BCUT2D eigenvalue weighted by atomic mass is 35.5. The number of aromatic nitrogens is 2. The standard InChI is InChI=1S/C11H10ClFN4O/c1-5-9(14)10(17-16-5)15-11(18)7-3-2-6(13)4-8(7)12/h2-4H,14H2,1H3,(H2,15,16,17,18). The van der Waals surface area contributed by atoms with Gasteiger partial charge in [-0.3, -0.25) is 9.89 Å². The van der Waals surface area contributed by atoms with Crippen LogP contribution < -0.4 is 11.1 Å². The van der Waals surface area contributed by atoms with E-state index in [0.29, 0.717) is 11.4 Å². The molecule has 7 heteroatoms. The molecule has 0 unspecified atom stereocenters. The van der Waals surface area contributed by atoms with Gasteiger partial charge in [0.05, 0.1) is 22.0 Å². The highest BCUT2D eigenvalue weighted by molar-refractivity contribution is 6.34. The Balaban J connectivity index is 2.25. The minimum Gasteiger partial charge on any atom is -0.394 e. The number of rotatable bonds is 2. The van der Waals surface area contributed by atoms with E-state index in [9.17, 15) is 9.18 Å². The van der Waals surface area contributed by atoms with Crippen LogP contribution in [0.3, 0.4) is 0 Å². The van der Waals surface area contributed by atoms with Crippen LogP contribution in [0.1, 0.15) is 16.1 Å². The van der Waals surface area contributed by atoms with E-state index in [1.807, 2.05) is 0 Å². The first-order valence-electron chi connectivity index (χ1n) is 5.06. The highest BCUT2D eigenvalue weighted by Gasteiger charge is 2.14. The molecule has 18 heavy (non-hydrogen) atoms. The lowest BCUT2D eigenvalue weighted by Gasteiger charge is -2.05. The van der Waals surface area contributed by atoms with Gasteiger partial charge in [-0.05, 0) is 25.1 Å². The Hall–Kier alpha value is -2.08. The number of amides is 1. The van der Waals surface area contributed by atoms with Gasteiger partial charge in [-0.2, -0.15) is 5.10 Å². The van der Waals surface area contributed by atoms with Crippen molar-refractivity contribution in [2.24, 2.45) is 0 Å². The van der Waals surface area contributed by atoms with Gasteiger partial charge in [0.15, 0.2) is 5.82 Å². The number of nitrogens with two attached hydrogens (primary N) is 1. The van der Waals surface area contributed by atoms with Crippen LogP contribution in [0.15, 0.2) is 18.2 Å². The van der Waals surface area contributed by atoms with E-state index in [1.54, 1.807) is 6.92 Å². The third-order valence-electron chi connectivity index (χ3n) is 2.40. The fraction of sp³-hybridized carbons (Fsp3) is 0.0909. The molecule has 0 saturated heterocycles. The van der Waals surface area contributed by atoms with Crippen molar-refractivity contribution in [2.45, 2.75) is 6.92 Å². The van der Waals surface area contributed by atoms with E-state index in [1.165, 1.54) is 6.07 Å². The average Bonchev–Trinajstić information content (AvgIpc) is 2.61. The molecule has 0 atom stereocenters. The van der Waals surface area contributed by atoms with Crippen molar-refractivity contribution in [1.82, 2.24) is 10.2 Å². The van der Waals surface area contributed by atoms with Gasteiger partial charge in [-0.15, -0.1) is 0 Å². The number of hydrogen-bond donors (Lipinski definition) is 3. The molecule has 5 nitrogen and oxygen atoms in total. The summed E-state index contributed by atoms with van der Waals surface area (Å²) in [6.45, 7) is 1.73. The summed E-state index contributed by atoms with van der Waals surface area (Å²) < 4.78 is 12.9. The van der Waals surface area contributed by atoms with Crippen molar-refractivity contribution in [2.75, 3.05) is 11.1 Å². The third kappa shape index (κ3) is 2.28. The maximum Gasteiger partial charge on any atom is 0.258 e. The summed E-state index contributed by atoms with van der Waals surface area (Å²) in [5.74, 6) is -0.789. The number of hydrogen-bond acceptors (Lipinski definition) is 3. The summed E-state index contributed by atoms with van der Waals surface area (Å²) in [7, 11) is 0. The molecule has 1 amide bonds. The zero-order valence-corrected chi connectivity index (χ0v) is 10.2. The fourth-order valence-corrected chi connectivity index (χ4v) is 1.63. The Morgan fingerprint density at radius 2 is 2.28 bits per heavy atom. The van der Waals surface area contributed by atoms with Gasteiger partial charge in [-0.1, -0.05) is 11.6 Å². The zero-order valence-electron chi connectivity index (χ0n) is 9.42. The second kappa shape index (κ2) is 4.66. The van der Waals surface area contributed by atoms with Crippen molar-refractivity contribution in [3.05, 3.63) is 40.3 Å². The number of nitrogen functional groups attached to an aromatic ring is 1. The van der Waals surface area contributed by atoms with Gasteiger partial charge in [0.25, 0.3) is 5.91 Å². The van der Waals surface area contributed by atoms with Crippen LogP contribution in [0.25, 0.3) is 0 Å². The molecule has 4 N–H and O–H groups in total. The molecule has 0 bridgehead atoms. The normalized spacial score (nSPS) is 10.4. The minimum absolute atomic E-state index is 0.0262. The van der Waals surface area contributed by atoms with Crippen LogP contribution >= 0.6 is 11.6 Å². The smallest absolute Gasteiger partial charge is 0.258 e. The molecule has 94 valence electrons. The van der Waals surface area contributed by atoms with Crippen molar-refractivity contribution in [3.8, 4) is 0 Å². The van der Waals surface area contributed by atoms with Crippen molar-refractivity contribution < 1.29 is 9.18 Å². The zero-order chi connectivity index (χ0) is 13.3. The molecule has 2 aromatic rings. The second-order valence-electron chi connectivity index (χ2n) is 3.69. The lowest BCUT2D eigenvalue weighted by Crippen LogP contribution is -2.14. The summed E-state index contributed by atoms with van der Waals surface area (Å²) in [4.78, 5) is 11.9. The molecular weight excluding hydrogens is 259 g/mol. The fourth-order valence-electron chi connectivity index (χ4n) is 1.38. The Kier molecular flexibility index (Phi) is 3.20. The summed E-state index contributed by atoms with van der Waals surface area (Å²) in [6.07, 6.45) is 0. The third-order valence-corrected chi connectivity index (χ3v) is 2.71. The predicted octanol–water partition coefficient (Wildman–Crippen LogP) is 2.35. The lowest BCUT2D eigenvalue weighted by atomic mass is 10.2. The van der Waals surface area contributed by atoms with E-state index < -0.39 is 11.7 Å². The number of carbonyl (C=O) groups excluding carboxylic acids is 1. The first-order valence-corrected chi connectivity index (χ1v) is 5.43. The molecule has 0 saturated carbocycles. The van der Waals surface area contributed by atoms with E-state index in [2.05, 4.69) is 15.5 Å². The SMILES string of the molecule is Cc1[nH]nc(NC(=O)c2ccc(F)cc2Cl)c1N. The first kappa shape index (κ1) is 12.4. The molecule has 1 aromatic heterocycles. The lowest BCUT2D eigenvalue weighted by molar-refractivity contribution is 0.102. The minimum atomic E-state index is -0.508. The van der Waals surface area contributed by atoms with Crippen LogP contribution in [0.2, 0.25) is 5.02 Å². The van der Waals surface area contributed by atoms with Gasteiger partial charge in [0.1, 0.15) is 5.82 Å². The van der Waals surface area contributed by atoms with Gasteiger partial charge < -0.3 is 11.1 Å². The number of anilines is 2. The van der Waals surface area contributed by atoms with Gasteiger partial charge >= 0.3 is 0 Å². The summed E-state index contributed by atoms with van der Waals surface area (Å²) in [5, 5.41) is 8.98. The van der Waals surface area contributed by atoms with E-state index >= 15 is 0 Å². The topological polar surface area (TPSA) is 83.8 Å². The quantitative estimate of drug-likeness (QED) is 0.782. The van der Waals surface area contributed by atoms with E-state index in [0.717, 1.165) is 12.1 Å². The Morgan fingerprint density at radius 3 is 2.83 bits per heavy atom. The van der Waals surface area contributed by atoms with Crippen LogP contribution in [-0.4, -0.2) is 16.1 Å². The molecule has 0 radical (unpaired) electrons. The van der Waals surface area contributed by atoms with Crippen LogP contribution in [0, 0.1) is 12.7 Å². The van der Waals surface area contributed by atoms with Gasteiger partial charge in [0, 0.05) is 0 Å². The predicted molar refractivity (Wildman–Crippen MR) is 67.1 cm³/mol. The van der Waals surface area contributed by atoms with Gasteiger partial charge in [-0.25, -0.2) is 4.39 Å². The molecule has 0 aliphatic rings. The highest BCUT2D eigenvalue weighted by Crippen LogP contribution is 2.21.